The minimum Gasteiger partial charge on any atom is -0.441 e. The first-order chi connectivity index (χ1) is 14.2. The molecule has 1 N–H and O–H groups in total. The summed E-state index contributed by atoms with van der Waals surface area (Å²) in [5.74, 6) is -2.04. The first-order valence-electron chi connectivity index (χ1n) is 10.1. The molecule has 0 spiro atoms. The highest BCUT2D eigenvalue weighted by atomic mass is 19.1. The lowest BCUT2D eigenvalue weighted by molar-refractivity contribution is -0.144. The smallest absolute Gasteiger partial charge is 0.315 e. The van der Waals surface area contributed by atoms with Crippen LogP contribution >= 0.6 is 0 Å². The van der Waals surface area contributed by atoms with Crippen LogP contribution in [0.5, 0.6) is 0 Å². The summed E-state index contributed by atoms with van der Waals surface area (Å²) in [6, 6.07) is 4.78. The molecule has 3 atom stereocenters. The van der Waals surface area contributed by atoms with Crippen LogP contribution in [0.1, 0.15) is 25.3 Å². The van der Waals surface area contributed by atoms with Crippen molar-refractivity contribution in [1.82, 2.24) is 15.1 Å². The summed E-state index contributed by atoms with van der Waals surface area (Å²) < 4.78 is 20.2. The number of hydrogen-bond donors (Lipinski definition) is 1. The first kappa shape index (κ1) is 22.0. The zero-order valence-electron chi connectivity index (χ0n) is 17.9. The summed E-state index contributed by atoms with van der Waals surface area (Å²) >= 11 is 0. The average Bonchev–Trinajstić information content (AvgIpc) is 2.94. The number of halogens is 1. The van der Waals surface area contributed by atoms with Crippen LogP contribution in [-0.2, 0) is 19.1 Å². The summed E-state index contributed by atoms with van der Waals surface area (Å²) in [4.78, 5) is 41.3. The standard InChI is InChI=1S/C21H29FN4O4/c1-13-19(21(29)30-20(13)23-14(2)27)15-5-6-17(16(22)11-15)25-7-9-26(10-8-25)18(28)12-24(3)4/h5-6,11,13,19-20H,7-10,12H2,1-4H3,(H,23,27)/t13?,19?,20-/m1/s1. The Hall–Kier alpha value is -2.68. The van der Waals surface area contributed by atoms with Gasteiger partial charge in [-0.05, 0) is 31.8 Å². The zero-order chi connectivity index (χ0) is 22.0. The van der Waals surface area contributed by atoms with Crippen molar-refractivity contribution >= 4 is 23.5 Å². The largest absolute Gasteiger partial charge is 0.441 e. The van der Waals surface area contributed by atoms with E-state index in [0.717, 1.165) is 0 Å². The van der Waals surface area contributed by atoms with Crippen molar-refractivity contribution in [3.05, 3.63) is 29.6 Å². The van der Waals surface area contributed by atoms with E-state index in [4.69, 9.17) is 4.74 Å². The van der Waals surface area contributed by atoms with Crippen molar-refractivity contribution in [1.29, 1.82) is 0 Å². The second kappa shape index (κ2) is 8.99. The van der Waals surface area contributed by atoms with Crippen molar-refractivity contribution in [2.75, 3.05) is 51.7 Å². The Morgan fingerprint density at radius 1 is 1.23 bits per heavy atom. The molecule has 30 heavy (non-hydrogen) atoms. The van der Waals surface area contributed by atoms with Gasteiger partial charge in [-0.15, -0.1) is 0 Å². The third-order valence-corrected chi connectivity index (χ3v) is 5.60. The number of hydrogen-bond acceptors (Lipinski definition) is 6. The monoisotopic (exact) mass is 420 g/mol. The Morgan fingerprint density at radius 2 is 1.90 bits per heavy atom. The van der Waals surface area contributed by atoms with Gasteiger partial charge in [0.05, 0.1) is 18.2 Å². The number of piperazine rings is 1. The second-order valence-corrected chi connectivity index (χ2v) is 8.21. The van der Waals surface area contributed by atoms with Gasteiger partial charge in [-0.3, -0.25) is 14.4 Å². The van der Waals surface area contributed by atoms with Crippen molar-refractivity contribution in [2.45, 2.75) is 26.0 Å². The summed E-state index contributed by atoms with van der Waals surface area (Å²) in [5.41, 5.74) is 0.984. The lowest BCUT2D eigenvalue weighted by atomic mass is 9.88. The number of cyclic esters (lactones) is 1. The predicted molar refractivity (Wildman–Crippen MR) is 109 cm³/mol. The maximum atomic E-state index is 14.9. The normalized spacial score (nSPS) is 24.2. The summed E-state index contributed by atoms with van der Waals surface area (Å²) in [7, 11) is 3.70. The van der Waals surface area contributed by atoms with E-state index in [1.807, 2.05) is 23.9 Å². The first-order valence-corrected chi connectivity index (χ1v) is 10.1. The zero-order valence-corrected chi connectivity index (χ0v) is 17.9. The molecule has 2 heterocycles. The Kier molecular flexibility index (Phi) is 6.60. The summed E-state index contributed by atoms with van der Waals surface area (Å²) in [6.45, 7) is 5.68. The molecule has 1 aromatic carbocycles. The van der Waals surface area contributed by atoms with Crippen LogP contribution in [0, 0.1) is 11.7 Å². The lowest BCUT2D eigenvalue weighted by Crippen LogP contribution is -2.51. The van der Waals surface area contributed by atoms with Gasteiger partial charge >= 0.3 is 5.97 Å². The summed E-state index contributed by atoms with van der Waals surface area (Å²) in [5, 5.41) is 2.61. The third kappa shape index (κ3) is 4.72. The summed E-state index contributed by atoms with van der Waals surface area (Å²) in [6.07, 6.45) is -0.712. The van der Waals surface area contributed by atoms with E-state index in [1.54, 1.807) is 24.0 Å². The number of esters is 1. The van der Waals surface area contributed by atoms with Crippen LogP contribution in [0.15, 0.2) is 18.2 Å². The van der Waals surface area contributed by atoms with Gasteiger partial charge in [-0.2, -0.15) is 0 Å². The number of nitrogens with one attached hydrogen (secondary N) is 1. The van der Waals surface area contributed by atoms with Gasteiger partial charge in [0.25, 0.3) is 0 Å². The van der Waals surface area contributed by atoms with E-state index in [9.17, 15) is 18.8 Å². The molecule has 2 saturated heterocycles. The molecule has 0 aromatic heterocycles. The van der Waals surface area contributed by atoms with E-state index < -0.39 is 23.9 Å². The van der Waals surface area contributed by atoms with E-state index in [0.29, 0.717) is 44.0 Å². The molecule has 1 aromatic rings. The van der Waals surface area contributed by atoms with Crippen LogP contribution in [-0.4, -0.2) is 80.6 Å². The van der Waals surface area contributed by atoms with Crippen LogP contribution in [0.2, 0.25) is 0 Å². The highest BCUT2D eigenvalue weighted by Gasteiger charge is 2.43. The topological polar surface area (TPSA) is 82.2 Å². The minimum atomic E-state index is -0.712. The number of amides is 2. The molecule has 0 saturated carbocycles. The lowest BCUT2D eigenvalue weighted by Gasteiger charge is -2.36. The number of carbonyl (C=O) groups excluding carboxylic acids is 3. The Balaban J connectivity index is 1.67. The Bertz CT molecular complexity index is 823. The second-order valence-electron chi connectivity index (χ2n) is 8.21. The molecule has 0 bridgehead atoms. The van der Waals surface area contributed by atoms with Gasteiger partial charge in [0.15, 0.2) is 6.23 Å². The molecule has 3 rings (SSSR count). The van der Waals surface area contributed by atoms with Crippen molar-refractivity contribution in [3.63, 3.8) is 0 Å². The van der Waals surface area contributed by atoms with E-state index >= 15 is 0 Å². The highest BCUT2D eigenvalue weighted by molar-refractivity contribution is 5.82. The van der Waals surface area contributed by atoms with Crippen LogP contribution in [0.3, 0.4) is 0 Å². The van der Waals surface area contributed by atoms with Gasteiger partial charge in [0.1, 0.15) is 5.82 Å². The molecule has 8 nitrogen and oxygen atoms in total. The van der Waals surface area contributed by atoms with Gasteiger partial charge in [0, 0.05) is 39.0 Å². The molecule has 2 aliphatic rings. The fourth-order valence-corrected chi connectivity index (χ4v) is 4.04. The number of likely N-dealkylation sites (N-methyl/N-ethyl adjacent to an activating group) is 1. The SMILES string of the molecule is CC(=O)N[C@@H]1OC(=O)C(c2ccc(N3CCN(C(=O)CN(C)C)CC3)c(F)c2)C1C. The van der Waals surface area contributed by atoms with Crippen LogP contribution < -0.4 is 10.2 Å². The number of ether oxygens (including phenoxy) is 1. The van der Waals surface area contributed by atoms with Gasteiger partial charge in [-0.1, -0.05) is 13.0 Å². The predicted octanol–water partition coefficient (Wildman–Crippen LogP) is 0.775. The van der Waals surface area contributed by atoms with Crippen molar-refractivity contribution < 1.29 is 23.5 Å². The molecule has 164 valence electrons. The van der Waals surface area contributed by atoms with E-state index in [-0.39, 0.29) is 17.7 Å². The highest BCUT2D eigenvalue weighted by Crippen LogP contribution is 2.37. The van der Waals surface area contributed by atoms with Gasteiger partial charge in [0.2, 0.25) is 11.8 Å². The van der Waals surface area contributed by atoms with Crippen molar-refractivity contribution in [3.8, 4) is 0 Å². The quantitative estimate of drug-likeness (QED) is 0.709. The number of carbonyl (C=O) groups is 3. The molecule has 0 radical (unpaired) electrons. The Morgan fingerprint density at radius 3 is 2.47 bits per heavy atom. The van der Waals surface area contributed by atoms with Gasteiger partial charge in [-0.25, -0.2) is 4.39 Å². The fraction of sp³-hybridized carbons (Fsp3) is 0.571. The number of rotatable bonds is 5. The molecular formula is C21H29FN4O4. The Labute approximate surface area is 175 Å². The molecule has 2 aliphatic heterocycles. The van der Waals surface area contributed by atoms with Crippen molar-refractivity contribution in [2.24, 2.45) is 5.92 Å². The molecular weight excluding hydrogens is 391 g/mol. The molecule has 0 aliphatic carbocycles. The maximum Gasteiger partial charge on any atom is 0.315 e. The third-order valence-electron chi connectivity index (χ3n) is 5.60. The molecule has 2 unspecified atom stereocenters. The van der Waals surface area contributed by atoms with Crippen LogP contribution in [0.4, 0.5) is 10.1 Å². The van der Waals surface area contributed by atoms with E-state index in [1.165, 1.54) is 13.0 Å². The molecule has 9 heteroatoms. The van der Waals surface area contributed by atoms with Crippen LogP contribution in [0.25, 0.3) is 0 Å². The van der Waals surface area contributed by atoms with E-state index in [2.05, 4.69) is 5.32 Å². The minimum absolute atomic E-state index is 0.0675. The number of nitrogens with zero attached hydrogens (tertiary/aromatic N) is 3. The molecule has 2 amide bonds. The maximum absolute atomic E-state index is 14.9. The average molecular weight is 420 g/mol. The number of benzene rings is 1. The number of anilines is 1. The molecule has 2 fully saturated rings. The van der Waals surface area contributed by atoms with Gasteiger partial charge < -0.3 is 24.8 Å². The fourth-order valence-electron chi connectivity index (χ4n) is 4.04.